The highest BCUT2D eigenvalue weighted by molar-refractivity contribution is 7.99. The molecular formula is C21H29ClFN3O4S. The molecule has 2 aliphatic heterocycles. The van der Waals surface area contributed by atoms with Crippen molar-refractivity contribution in [1.82, 2.24) is 15.1 Å². The molecule has 0 unspecified atom stereocenters. The summed E-state index contributed by atoms with van der Waals surface area (Å²) in [7, 11) is 1.98. The number of carboxylic acid groups (broad SMARTS) is 1. The molecular weight excluding hydrogens is 445 g/mol. The van der Waals surface area contributed by atoms with Gasteiger partial charge in [0.1, 0.15) is 5.82 Å². The first-order valence-corrected chi connectivity index (χ1v) is 11.7. The molecule has 7 nitrogen and oxygen atoms in total. The van der Waals surface area contributed by atoms with E-state index in [4.69, 9.17) is 21.5 Å². The van der Waals surface area contributed by atoms with Gasteiger partial charge in [-0.2, -0.15) is 11.8 Å². The van der Waals surface area contributed by atoms with Gasteiger partial charge < -0.3 is 20.2 Å². The van der Waals surface area contributed by atoms with Crippen molar-refractivity contribution >= 4 is 41.6 Å². The van der Waals surface area contributed by atoms with E-state index in [0.717, 1.165) is 37.4 Å². The van der Waals surface area contributed by atoms with E-state index >= 15 is 0 Å². The van der Waals surface area contributed by atoms with Crippen LogP contribution in [-0.4, -0.2) is 84.0 Å². The maximum Gasteiger partial charge on any atom is 0.290 e. The van der Waals surface area contributed by atoms with Crippen LogP contribution in [0.4, 0.5) is 4.39 Å². The number of benzene rings is 1. The predicted molar refractivity (Wildman–Crippen MR) is 120 cm³/mol. The first kappa shape index (κ1) is 25.4. The van der Waals surface area contributed by atoms with Crippen molar-refractivity contribution in [3.05, 3.63) is 34.6 Å². The molecule has 10 heteroatoms. The van der Waals surface area contributed by atoms with Gasteiger partial charge in [-0.3, -0.25) is 14.4 Å². The van der Waals surface area contributed by atoms with Gasteiger partial charge in [-0.1, -0.05) is 17.7 Å². The van der Waals surface area contributed by atoms with E-state index in [1.54, 1.807) is 6.07 Å². The number of carbonyl (C=O) groups excluding carboxylic acids is 2. The van der Waals surface area contributed by atoms with Crippen LogP contribution in [0.5, 0.6) is 0 Å². The monoisotopic (exact) mass is 473 g/mol. The minimum absolute atomic E-state index is 0.0315. The standard InChI is InChI=1S/C20H27ClFN3O2S.CH2O2/c1-24-12-14(20(27)25-7-9-28-10-8-25)5-6-15(13-24)23-19(26)11-16-17(21)3-2-4-18(16)22;2-1-3/h2-4,14-15H,5-13H2,1H3,(H,23,26);1H,(H,2,3)/t14-,15+;/m1./s1. The quantitative estimate of drug-likeness (QED) is 0.651. The molecule has 1 aromatic rings. The van der Waals surface area contributed by atoms with Gasteiger partial charge in [-0.15, -0.1) is 0 Å². The molecule has 0 bridgehead atoms. The zero-order chi connectivity index (χ0) is 22.8. The molecule has 2 aliphatic rings. The minimum Gasteiger partial charge on any atom is -0.483 e. The Morgan fingerprint density at radius 1 is 1.29 bits per heavy atom. The number of halogens is 2. The zero-order valence-corrected chi connectivity index (χ0v) is 19.1. The Balaban J connectivity index is 0.00000107. The number of thioether (sulfide) groups is 1. The normalized spacial score (nSPS) is 22.0. The Hall–Kier alpha value is -1.84. The number of amides is 2. The molecule has 2 saturated heterocycles. The lowest BCUT2D eigenvalue weighted by Gasteiger charge is -2.30. The average Bonchev–Trinajstić information content (AvgIpc) is 2.92. The van der Waals surface area contributed by atoms with Crippen LogP contribution in [0.2, 0.25) is 5.02 Å². The number of rotatable bonds is 4. The fourth-order valence-corrected chi connectivity index (χ4v) is 5.05. The average molecular weight is 474 g/mol. The molecule has 0 radical (unpaired) electrons. The largest absolute Gasteiger partial charge is 0.483 e. The van der Waals surface area contributed by atoms with Crippen molar-refractivity contribution < 1.29 is 23.9 Å². The van der Waals surface area contributed by atoms with Gasteiger partial charge >= 0.3 is 0 Å². The molecule has 2 amide bonds. The van der Waals surface area contributed by atoms with Crippen LogP contribution in [0.3, 0.4) is 0 Å². The van der Waals surface area contributed by atoms with E-state index in [1.165, 1.54) is 12.1 Å². The summed E-state index contributed by atoms with van der Waals surface area (Å²) < 4.78 is 13.9. The fraction of sp³-hybridized carbons (Fsp3) is 0.571. The van der Waals surface area contributed by atoms with Crippen LogP contribution in [0, 0.1) is 11.7 Å². The van der Waals surface area contributed by atoms with Gasteiger partial charge in [0.05, 0.1) is 12.3 Å². The molecule has 2 N–H and O–H groups in total. The van der Waals surface area contributed by atoms with E-state index < -0.39 is 5.82 Å². The lowest BCUT2D eigenvalue weighted by atomic mass is 10.00. The third kappa shape index (κ3) is 7.97. The molecule has 0 spiro atoms. The summed E-state index contributed by atoms with van der Waals surface area (Å²) in [5, 5.41) is 10.1. The molecule has 0 saturated carbocycles. The van der Waals surface area contributed by atoms with Crippen LogP contribution in [0.1, 0.15) is 18.4 Å². The SMILES string of the molecule is CN1C[C@@H](NC(=O)Cc2c(F)cccc2Cl)CC[C@@H](C(=O)N2CCSCC2)C1.O=CO. The molecule has 172 valence electrons. The van der Waals surface area contributed by atoms with Gasteiger partial charge in [0.15, 0.2) is 0 Å². The minimum atomic E-state index is -0.467. The van der Waals surface area contributed by atoms with Gasteiger partial charge in [-0.05, 0) is 32.0 Å². The van der Waals surface area contributed by atoms with Crippen LogP contribution < -0.4 is 5.32 Å². The molecule has 0 aliphatic carbocycles. The van der Waals surface area contributed by atoms with Crippen molar-refractivity contribution in [2.75, 3.05) is 44.7 Å². The molecule has 3 rings (SSSR count). The van der Waals surface area contributed by atoms with Crippen LogP contribution in [-0.2, 0) is 20.8 Å². The van der Waals surface area contributed by atoms with E-state index in [0.29, 0.717) is 13.1 Å². The third-order valence-electron chi connectivity index (χ3n) is 5.36. The fourth-order valence-electron chi connectivity index (χ4n) is 3.91. The molecule has 2 atom stereocenters. The number of carbonyl (C=O) groups is 3. The van der Waals surface area contributed by atoms with E-state index in [2.05, 4.69) is 10.2 Å². The summed E-state index contributed by atoms with van der Waals surface area (Å²) in [5.41, 5.74) is 0.222. The Morgan fingerprint density at radius 3 is 2.61 bits per heavy atom. The number of hydrogen-bond acceptors (Lipinski definition) is 5. The van der Waals surface area contributed by atoms with Crippen LogP contribution in [0.25, 0.3) is 0 Å². The lowest BCUT2D eigenvalue weighted by molar-refractivity contribution is -0.135. The molecule has 2 heterocycles. The van der Waals surface area contributed by atoms with Crippen molar-refractivity contribution in [2.45, 2.75) is 25.3 Å². The van der Waals surface area contributed by atoms with Crippen molar-refractivity contribution in [3.63, 3.8) is 0 Å². The maximum absolute atomic E-state index is 13.9. The number of nitrogens with zero attached hydrogens (tertiary/aromatic N) is 2. The third-order valence-corrected chi connectivity index (χ3v) is 6.66. The predicted octanol–water partition coefficient (Wildman–Crippen LogP) is 2.12. The lowest BCUT2D eigenvalue weighted by Crippen LogP contribution is -2.44. The second-order valence-electron chi connectivity index (χ2n) is 7.68. The summed E-state index contributed by atoms with van der Waals surface area (Å²) in [6, 6.07) is 4.36. The number of nitrogens with one attached hydrogen (secondary N) is 1. The highest BCUT2D eigenvalue weighted by atomic mass is 35.5. The Morgan fingerprint density at radius 2 is 1.97 bits per heavy atom. The molecule has 2 fully saturated rings. The van der Waals surface area contributed by atoms with Crippen LogP contribution >= 0.6 is 23.4 Å². The van der Waals surface area contributed by atoms with Gasteiger partial charge in [-0.25, -0.2) is 4.39 Å². The van der Waals surface area contributed by atoms with E-state index in [9.17, 15) is 14.0 Å². The summed E-state index contributed by atoms with van der Waals surface area (Å²) in [4.78, 5) is 37.7. The Kier molecular flexibility index (Phi) is 10.6. The number of likely N-dealkylation sites (tertiary alicyclic amines) is 1. The first-order chi connectivity index (χ1) is 14.8. The van der Waals surface area contributed by atoms with Gasteiger partial charge in [0.25, 0.3) is 6.47 Å². The van der Waals surface area contributed by atoms with Crippen molar-refractivity contribution in [3.8, 4) is 0 Å². The first-order valence-electron chi connectivity index (χ1n) is 10.2. The second kappa shape index (κ2) is 12.9. The van der Waals surface area contributed by atoms with Gasteiger partial charge in [0.2, 0.25) is 11.8 Å². The Labute approximate surface area is 191 Å². The molecule has 31 heavy (non-hydrogen) atoms. The van der Waals surface area contributed by atoms with Crippen molar-refractivity contribution in [2.24, 2.45) is 5.92 Å². The highest BCUT2D eigenvalue weighted by Gasteiger charge is 2.31. The van der Waals surface area contributed by atoms with Crippen LogP contribution in [0.15, 0.2) is 18.2 Å². The smallest absolute Gasteiger partial charge is 0.290 e. The van der Waals surface area contributed by atoms with Crippen molar-refractivity contribution in [1.29, 1.82) is 0 Å². The molecule has 0 aromatic heterocycles. The Bertz CT molecular complexity index is 744. The van der Waals surface area contributed by atoms with E-state index in [-0.39, 0.29) is 47.3 Å². The van der Waals surface area contributed by atoms with Gasteiger partial charge in [0, 0.05) is 54.3 Å². The summed E-state index contributed by atoms with van der Waals surface area (Å²) in [5.74, 6) is 1.50. The highest BCUT2D eigenvalue weighted by Crippen LogP contribution is 2.22. The summed E-state index contributed by atoms with van der Waals surface area (Å²) >= 11 is 7.91. The number of hydrogen-bond donors (Lipinski definition) is 2. The second-order valence-corrected chi connectivity index (χ2v) is 9.31. The maximum atomic E-state index is 13.9. The molecule has 1 aromatic carbocycles. The number of likely N-dealkylation sites (N-methyl/N-ethyl adjacent to an activating group) is 1. The summed E-state index contributed by atoms with van der Waals surface area (Å²) in [6.07, 6.45) is 1.40. The summed E-state index contributed by atoms with van der Waals surface area (Å²) in [6.45, 7) is 2.78. The van der Waals surface area contributed by atoms with E-state index in [1.807, 2.05) is 23.7 Å². The topological polar surface area (TPSA) is 90.0 Å². The zero-order valence-electron chi connectivity index (χ0n) is 17.6.